The average molecular weight is 711 g/mol. The highest BCUT2D eigenvalue weighted by Crippen LogP contribution is 2.30. The Kier molecular flexibility index (Phi) is 11.5. The van der Waals surface area contributed by atoms with E-state index in [1.54, 1.807) is 37.3 Å². The lowest BCUT2D eigenvalue weighted by Gasteiger charge is -2.34. The van der Waals surface area contributed by atoms with Crippen LogP contribution in [0, 0.1) is 13.8 Å². The molecule has 1 N–H and O–H groups in total. The van der Waals surface area contributed by atoms with E-state index >= 15 is 0 Å². The average Bonchev–Trinajstić information content (AvgIpc) is 2.98. The molecule has 0 saturated heterocycles. The van der Waals surface area contributed by atoms with E-state index in [0.717, 1.165) is 25.5 Å². The third-order valence-corrected chi connectivity index (χ3v) is 9.76. The van der Waals surface area contributed by atoms with Crippen molar-refractivity contribution >= 4 is 55.1 Å². The number of amides is 2. The number of sulfonamides is 1. The first kappa shape index (κ1) is 34.2. The van der Waals surface area contributed by atoms with Gasteiger partial charge in [0, 0.05) is 28.5 Å². The molecule has 0 bridgehead atoms. The van der Waals surface area contributed by atoms with Gasteiger partial charge in [0.2, 0.25) is 11.8 Å². The molecule has 0 aliphatic heterocycles. The molecule has 10 heteroatoms. The highest BCUT2D eigenvalue weighted by atomic mass is 79.9. The number of anilines is 1. The van der Waals surface area contributed by atoms with Crippen LogP contribution in [0.4, 0.5) is 5.69 Å². The number of carbonyl (C=O) groups excluding carboxylic acids is 2. The standard InChI is InChI=1S/C35H37BrClN3O4S/c1-24(2)38-35(42)33(21-27-9-6-5-7-10-27)39(22-28-11-8-12-29(36)20-28)34(41)23-40(32-18-15-30(37)19-26(32)4)45(43,44)31-16-13-25(3)14-17-31/h5-20,24,33H,21-23H2,1-4H3,(H,38,42)/t33-/m0/s1. The Balaban J connectivity index is 1.83. The van der Waals surface area contributed by atoms with Crippen LogP contribution in [0.3, 0.4) is 0 Å². The van der Waals surface area contributed by atoms with Gasteiger partial charge in [-0.2, -0.15) is 0 Å². The van der Waals surface area contributed by atoms with Gasteiger partial charge in [-0.1, -0.05) is 87.7 Å². The lowest BCUT2D eigenvalue weighted by atomic mass is 10.0. The van der Waals surface area contributed by atoms with Gasteiger partial charge in [-0.25, -0.2) is 8.42 Å². The maximum Gasteiger partial charge on any atom is 0.264 e. The number of hydrogen-bond donors (Lipinski definition) is 1. The van der Waals surface area contributed by atoms with Gasteiger partial charge in [-0.05, 0) is 86.8 Å². The molecule has 1 atom stereocenters. The van der Waals surface area contributed by atoms with E-state index in [9.17, 15) is 18.0 Å². The van der Waals surface area contributed by atoms with Crippen LogP contribution in [0.1, 0.15) is 36.1 Å². The minimum Gasteiger partial charge on any atom is -0.352 e. The van der Waals surface area contributed by atoms with Crippen LogP contribution in [-0.4, -0.2) is 43.8 Å². The van der Waals surface area contributed by atoms with Gasteiger partial charge in [-0.3, -0.25) is 13.9 Å². The van der Waals surface area contributed by atoms with Crippen molar-refractivity contribution in [2.24, 2.45) is 0 Å². The molecule has 2 amide bonds. The SMILES string of the molecule is Cc1ccc(S(=O)(=O)N(CC(=O)N(Cc2cccc(Br)c2)[C@@H](Cc2ccccc2)C(=O)NC(C)C)c2ccc(Cl)cc2C)cc1. The molecule has 236 valence electrons. The van der Waals surface area contributed by atoms with Gasteiger partial charge in [0.05, 0.1) is 10.6 Å². The fraction of sp³-hybridized carbons (Fsp3) is 0.257. The van der Waals surface area contributed by atoms with Crippen molar-refractivity contribution in [1.82, 2.24) is 10.2 Å². The minimum atomic E-state index is -4.20. The third kappa shape index (κ3) is 8.96. The highest BCUT2D eigenvalue weighted by Gasteiger charge is 2.35. The zero-order chi connectivity index (χ0) is 32.7. The molecule has 4 aromatic rings. The van der Waals surface area contributed by atoms with E-state index in [1.165, 1.54) is 17.0 Å². The van der Waals surface area contributed by atoms with Gasteiger partial charge in [0.25, 0.3) is 10.0 Å². The fourth-order valence-corrected chi connectivity index (χ4v) is 7.17. The third-order valence-electron chi connectivity index (χ3n) is 7.26. The summed E-state index contributed by atoms with van der Waals surface area (Å²) in [5.41, 5.74) is 3.46. The van der Waals surface area contributed by atoms with Crippen molar-refractivity contribution in [1.29, 1.82) is 0 Å². The molecule has 0 heterocycles. The van der Waals surface area contributed by atoms with Crippen LogP contribution in [0.25, 0.3) is 0 Å². The van der Waals surface area contributed by atoms with Gasteiger partial charge in [0.15, 0.2) is 0 Å². The van der Waals surface area contributed by atoms with Crippen LogP contribution >= 0.6 is 27.5 Å². The second kappa shape index (κ2) is 15.1. The number of aryl methyl sites for hydroxylation is 2. The predicted molar refractivity (Wildman–Crippen MR) is 184 cm³/mol. The Morgan fingerprint density at radius 3 is 2.16 bits per heavy atom. The molecule has 0 aromatic heterocycles. The summed E-state index contributed by atoms with van der Waals surface area (Å²) in [7, 11) is -4.20. The molecule has 0 fully saturated rings. The maximum atomic E-state index is 14.6. The number of nitrogens with one attached hydrogen (secondary N) is 1. The van der Waals surface area contributed by atoms with E-state index in [0.29, 0.717) is 16.3 Å². The van der Waals surface area contributed by atoms with Gasteiger partial charge < -0.3 is 10.2 Å². The van der Waals surface area contributed by atoms with Gasteiger partial charge in [-0.15, -0.1) is 0 Å². The number of rotatable bonds is 12. The second-order valence-electron chi connectivity index (χ2n) is 11.3. The first-order valence-electron chi connectivity index (χ1n) is 14.6. The van der Waals surface area contributed by atoms with Crippen molar-refractivity contribution in [2.45, 2.75) is 57.6 Å². The van der Waals surface area contributed by atoms with Crippen molar-refractivity contribution < 1.29 is 18.0 Å². The summed E-state index contributed by atoms with van der Waals surface area (Å²) in [4.78, 5) is 29.9. The maximum absolute atomic E-state index is 14.6. The van der Waals surface area contributed by atoms with Crippen LogP contribution in [0.5, 0.6) is 0 Å². The van der Waals surface area contributed by atoms with Crippen molar-refractivity contribution in [2.75, 3.05) is 10.8 Å². The summed E-state index contributed by atoms with van der Waals surface area (Å²) >= 11 is 9.74. The summed E-state index contributed by atoms with van der Waals surface area (Å²) in [6, 6.07) is 27.2. The van der Waals surface area contributed by atoms with E-state index in [4.69, 9.17) is 11.6 Å². The number of nitrogens with zero attached hydrogens (tertiary/aromatic N) is 2. The van der Waals surface area contributed by atoms with E-state index in [-0.39, 0.29) is 29.8 Å². The molecule has 0 aliphatic carbocycles. The Morgan fingerprint density at radius 1 is 0.867 bits per heavy atom. The molecule has 0 radical (unpaired) electrons. The van der Waals surface area contributed by atoms with E-state index in [1.807, 2.05) is 75.4 Å². The lowest BCUT2D eigenvalue weighted by Crippen LogP contribution is -2.54. The summed E-state index contributed by atoms with van der Waals surface area (Å²) in [6.07, 6.45) is 0.240. The smallest absolute Gasteiger partial charge is 0.264 e. The Bertz CT molecular complexity index is 1750. The van der Waals surface area contributed by atoms with Crippen LogP contribution in [0.15, 0.2) is 106 Å². The van der Waals surface area contributed by atoms with Gasteiger partial charge in [0.1, 0.15) is 12.6 Å². The second-order valence-corrected chi connectivity index (χ2v) is 14.5. The van der Waals surface area contributed by atoms with Gasteiger partial charge >= 0.3 is 0 Å². The molecule has 7 nitrogen and oxygen atoms in total. The summed E-state index contributed by atoms with van der Waals surface area (Å²) in [6.45, 7) is 6.88. The molecule has 0 spiro atoms. The number of carbonyl (C=O) groups is 2. The first-order chi connectivity index (χ1) is 21.3. The molecule has 4 rings (SSSR count). The largest absolute Gasteiger partial charge is 0.352 e. The molecule has 4 aromatic carbocycles. The molecule has 0 unspecified atom stereocenters. The summed E-state index contributed by atoms with van der Waals surface area (Å²) in [5.74, 6) is -0.854. The first-order valence-corrected chi connectivity index (χ1v) is 17.2. The zero-order valence-corrected chi connectivity index (χ0v) is 28.9. The quantitative estimate of drug-likeness (QED) is 0.170. The minimum absolute atomic E-state index is 0.0483. The van der Waals surface area contributed by atoms with Crippen molar-refractivity contribution in [3.05, 3.63) is 129 Å². The van der Waals surface area contributed by atoms with E-state index in [2.05, 4.69) is 21.2 Å². The van der Waals surface area contributed by atoms with Crippen LogP contribution in [0.2, 0.25) is 5.02 Å². The number of hydrogen-bond acceptors (Lipinski definition) is 4. The van der Waals surface area contributed by atoms with E-state index < -0.39 is 28.5 Å². The fourth-order valence-electron chi connectivity index (χ4n) is 5.02. The molecule has 45 heavy (non-hydrogen) atoms. The Labute approximate surface area is 279 Å². The number of benzene rings is 4. The number of halogens is 2. The van der Waals surface area contributed by atoms with Crippen LogP contribution < -0.4 is 9.62 Å². The molecule has 0 saturated carbocycles. The Morgan fingerprint density at radius 2 is 1.53 bits per heavy atom. The Hall–Kier alpha value is -3.66. The van der Waals surface area contributed by atoms with Crippen molar-refractivity contribution in [3.8, 4) is 0 Å². The highest BCUT2D eigenvalue weighted by molar-refractivity contribution is 9.10. The predicted octanol–water partition coefficient (Wildman–Crippen LogP) is 7.08. The zero-order valence-electron chi connectivity index (χ0n) is 25.7. The normalized spacial score (nSPS) is 12.1. The lowest BCUT2D eigenvalue weighted by molar-refractivity contribution is -0.140. The topological polar surface area (TPSA) is 86.8 Å². The monoisotopic (exact) mass is 709 g/mol. The summed E-state index contributed by atoms with van der Waals surface area (Å²) in [5, 5.41) is 3.41. The molecular weight excluding hydrogens is 674 g/mol. The van der Waals surface area contributed by atoms with Crippen molar-refractivity contribution in [3.63, 3.8) is 0 Å². The summed E-state index contributed by atoms with van der Waals surface area (Å²) < 4.78 is 30.4. The molecular formula is C35H37BrClN3O4S. The van der Waals surface area contributed by atoms with Crippen LogP contribution in [-0.2, 0) is 32.6 Å². The molecule has 0 aliphatic rings.